The Labute approximate surface area is 70.8 Å². The van der Waals surface area contributed by atoms with Gasteiger partial charge in [-0.3, -0.25) is 5.32 Å². The summed E-state index contributed by atoms with van der Waals surface area (Å²) in [6.07, 6.45) is 0. The van der Waals surface area contributed by atoms with Gasteiger partial charge in [-0.2, -0.15) is 0 Å². The van der Waals surface area contributed by atoms with Crippen molar-refractivity contribution in [2.75, 3.05) is 13.2 Å². The Morgan fingerprint density at radius 1 is 1.18 bits per heavy atom. The van der Waals surface area contributed by atoms with Gasteiger partial charge in [-0.25, -0.2) is 0 Å². The van der Waals surface area contributed by atoms with Crippen molar-refractivity contribution in [1.29, 1.82) is 0 Å². The van der Waals surface area contributed by atoms with Crippen LogP contribution in [0.5, 0.6) is 0 Å². The fourth-order valence-corrected chi connectivity index (χ4v) is 0.689. The van der Waals surface area contributed by atoms with E-state index in [1.54, 1.807) is 0 Å². The second-order valence-electron chi connectivity index (χ2n) is 4.45. The van der Waals surface area contributed by atoms with Crippen LogP contribution in [0.1, 0.15) is 34.6 Å². The van der Waals surface area contributed by atoms with Crippen LogP contribution in [0.2, 0.25) is 0 Å². The fourth-order valence-electron chi connectivity index (χ4n) is 0.689. The molecule has 0 aliphatic heterocycles. The van der Waals surface area contributed by atoms with Gasteiger partial charge in [0.15, 0.2) is 0 Å². The van der Waals surface area contributed by atoms with Gasteiger partial charge in [0, 0.05) is 12.2 Å². The van der Waals surface area contributed by atoms with Crippen molar-refractivity contribution < 1.29 is 0 Å². The lowest BCUT2D eigenvalue weighted by atomic mass is 10.1. The Hall–Kier alpha value is -0.0800. The van der Waals surface area contributed by atoms with Gasteiger partial charge in [-0.1, -0.05) is 13.8 Å². The normalized spacial score (nSPS) is 12.5. The zero-order valence-electron chi connectivity index (χ0n) is 8.49. The molecule has 0 aromatic carbocycles. The lowest BCUT2D eigenvalue weighted by molar-refractivity contribution is 0.393. The van der Waals surface area contributed by atoms with E-state index in [9.17, 15) is 0 Å². The summed E-state index contributed by atoms with van der Waals surface area (Å²) in [5.74, 6) is 0.733. The first kappa shape index (κ1) is 10.9. The predicted molar refractivity (Wildman–Crippen MR) is 50.6 cm³/mol. The van der Waals surface area contributed by atoms with E-state index in [-0.39, 0.29) is 5.54 Å². The molecular formula is C9H22N2. The highest BCUT2D eigenvalue weighted by molar-refractivity contribution is 4.68. The second-order valence-corrected chi connectivity index (χ2v) is 4.45. The van der Waals surface area contributed by atoms with Crippen LogP contribution < -0.4 is 10.6 Å². The Morgan fingerprint density at radius 2 is 1.73 bits per heavy atom. The van der Waals surface area contributed by atoms with Crippen LogP contribution in [0.25, 0.3) is 0 Å². The van der Waals surface area contributed by atoms with E-state index in [2.05, 4.69) is 45.3 Å². The highest BCUT2D eigenvalue weighted by Crippen LogP contribution is 1.96. The predicted octanol–water partition coefficient (Wildman–Crippen LogP) is 1.58. The molecule has 0 heterocycles. The summed E-state index contributed by atoms with van der Waals surface area (Å²) in [4.78, 5) is 0. The van der Waals surface area contributed by atoms with Crippen LogP contribution in [0.4, 0.5) is 0 Å². The molecule has 0 aliphatic rings. The Balaban J connectivity index is 3.15. The van der Waals surface area contributed by atoms with E-state index >= 15 is 0 Å². The van der Waals surface area contributed by atoms with E-state index in [4.69, 9.17) is 0 Å². The van der Waals surface area contributed by atoms with Crippen molar-refractivity contribution in [2.24, 2.45) is 5.92 Å². The average Bonchev–Trinajstić information content (AvgIpc) is 1.78. The lowest BCUT2D eigenvalue weighted by Crippen LogP contribution is -2.42. The van der Waals surface area contributed by atoms with Crippen molar-refractivity contribution in [3.05, 3.63) is 0 Å². The van der Waals surface area contributed by atoms with E-state index in [0.717, 1.165) is 19.1 Å². The molecule has 0 saturated carbocycles. The SMILES string of the molecule is CC(C)CNCNC(C)(C)C. The van der Waals surface area contributed by atoms with Gasteiger partial charge < -0.3 is 5.32 Å². The second kappa shape index (κ2) is 4.73. The lowest BCUT2D eigenvalue weighted by Gasteiger charge is -2.21. The molecule has 11 heavy (non-hydrogen) atoms. The third-order valence-electron chi connectivity index (χ3n) is 1.30. The third kappa shape index (κ3) is 9.92. The maximum absolute atomic E-state index is 3.37. The van der Waals surface area contributed by atoms with Gasteiger partial charge >= 0.3 is 0 Å². The number of rotatable bonds is 4. The van der Waals surface area contributed by atoms with E-state index < -0.39 is 0 Å². The van der Waals surface area contributed by atoms with Crippen molar-refractivity contribution >= 4 is 0 Å². The topological polar surface area (TPSA) is 24.1 Å². The minimum Gasteiger partial charge on any atom is -0.304 e. The molecule has 2 heteroatoms. The third-order valence-corrected chi connectivity index (χ3v) is 1.30. The summed E-state index contributed by atoms with van der Waals surface area (Å²) in [5.41, 5.74) is 0.226. The van der Waals surface area contributed by atoms with Crippen LogP contribution in [0.15, 0.2) is 0 Å². The summed E-state index contributed by atoms with van der Waals surface area (Å²) >= 11 is 0. The standard InChI is InChI=1S/C9H22N2/c1-8(2)6-10-7-11-9(3,4)5/h8,10-11H,6-7H2,1-5H3. The van der Waals surface area contributed by atoms with Crippen molar-refractivity contribution in [1.82, 2.24) is 10.6 Å². The van der Waals surface area contributed by atoms with Crippen LogP contribution >= 0.6 is 0 Å². The molecule has 0 aliphatic carbocycles. The summed E-state index contributed by atoms with van der Waals surface area (Å²) in [6, 6.07) is 0. The molecule has 0 unspecified atom stereocenters. The Bertz CT molecular complexity index is 92.2. The molecular weight excluding hydrogens is 136 g/mol. The van der Waals surface area contributed by atoms with Gasteiger partial charge in [-0.15, -0.1) is 0 Å². The molecule has 2 N–H and O–H groups in total. The maximum Gasteiger partial charge on any atom is 0.0458 e. The molecule has 0 aromatic heterocycles. The highest BCUT2D eigenvalue weighted by atomic mass is 15.1. The quantitative estimate of drug-likeness (QED) is 0.479. The minimum absolute atomic E-state index is 0.226. The minimum atomic E-state index is 0.226. The van der Waals surface area contributed by atoms with E-state index in [0.29, 0.717) is 0 Å². The molecule has 0 bridgehead atoms. The number of nitrogens with one attached hydrogen (secondary N) is 2. The van der Waals surface area contributed by atoms with Crippen LogP contribution in [-0.2, 0) is 0 Å². The summed E-state index contributed by atoms with van der Waals surface area (Å²) in [5, 5.41) is 6.70. The van der Waals surface area contributed by atoms with E-state index in [1.165, 1.54) is 0 Å². The number of hydrogen-bond acceptors (Lipinski definition) is 2. The summed E-state index contributed by atoms with van der Waals surface area (Å²) < 4.78 is 0. The zero-order valence-corrected chi connectivity index (χ0v) is 8.49. The van der Waals surface area contributed by atoms with Crippen molar-refractivity contribution in [3.63, 3.8) is 0 Å². The van der Waals surface area contributed by atoms with Gasteiger partial charge in [0.05, 0.1) is 0 Å². The highest BCUT2D eigenvalue weighted by Gasteiger charge is 2.06. The molecule has 0 rings (SSSR count). The first-order chi connectivity index (χ1) is 4.92. The molecule has 0 spiro atoms. The van der Waals surface area contributed by atoms with Crippen LogP contribution in [0, 0.1) is 5.92 Å². The maximum atomic E-state index is 3.37. The van der Waals surface area contributed by atoms with Gasteiger partial charge in [0.2, 0.25) is 0 Å². The van der Waals surface area contributed by atoms with Crippen molar-refractivity contribution in [2.45, 2.75) is 40.2 Å². The molecule has 2 nitrogen and oxygen atoms in total. The van der Waals surface area contributed by atoms with Gasteiger partial charge in [0.1, 0.15) is 0 Å². The van der Waals surface area contributed by atoms with Gasteiger partial charge in [-0.05, 0) is 33.2 Å². The monoisotopic (exact) mass is 158 g/mol. The molecule has 68 valence electrons. The smallest absolute Gasteiger partial charge is 0.0458 e. The van der Waals surface area contributed by atoms with Crippen LogP contribution in [-0.4, -0.2) is 18.8 Å². The van der Waals surface area contributed by atoms with Crippen LogP contribution in [0.3, 0.4) is 0 Å². The Morgan fingerprint density at radius 3 is 2.09 bits per heavy atom. The van der Waals surface area contributed by atoms with Crippen molar-refractivity contribution in [3.8, 4) is 0 Å². The molecule has 0 radical (unpaired) electrons. The van der Waals surface area contributed by atoms with E-state index in [1.807, 2.05) is 0 Å². The molecule has 0 amide bonds. The summed E-state index contributed by atoms with van der Waals surface area (Å²) in [7, 11) is 0. The molecule has 0 atom stereocenters. The largest absolute Gasteiger partial charge is 0.304 e. The number of hydrogen-bond donors (Lipinski definition) is 2. The van der Waals surface area contributed by atoms with Gasteiger partial charge in [0.25, 0.3) is 0 Å². The Kier molecular flexibility index (Phi) is 4.69. The fraction of sp³-hybridized carbons (Fsp3) is 1.00. The molecule has 0 saturated heterocycles. The summed E-state index contributed by atoms with van der Waals surface area (Å²) in [6.45, 7) is 12.9. The molecule has 0 fully saturated rings. The molecule has 0 aromatic rings. The first-order valence-corrected chi connectivity index (χ1v) is 4.37. The zero-order chi connectivity index (χ0) is 8.91. The average molecular weight is 158 g/mol. The first-order valence-electron chi connectivity index (χ1n) is 4.37.